The third kappa shape index (κ3) is 7.22. The summed E-state index contributed by atoms with van der Waals surface area (Å²) in [4.78, 5) is 24.0. The first-order valence-corrected chi connectivity index (χ1v) is 7.37. The molecule has 0 saturated heterocycles. The van der Waals surface area contributed by atoms with Gasteiger partial charge in [0.1, 0.15) is 11.6 Å². The lowest BCUT2D eigenvalue weighted by Gasteiger charge is -2.22. The van der Waals surface area contributed by atoms with Gasteiger partial charge < -0.3 is 14.8 Å². The highest BCUT2D eigenvalue weighted by molar-refractivity contribution is 5.87. The van der Waals surface area contributed by atoms with Gasteiger partial charge in [0.05, 0.1) is 6.61 Å². The minimum atomic E-state index is -0.691. The fourth-order valence-corrected chi connectivity index (χ4v) is 1.92. The fourth-order valence-electron chi connectivity index (χ4n) is 1.92. The van der Waals surface area contributed by atoms with Crippen LogP contribution in [0.2, 0.25) is 0 Å². The zero-order chi connectivity index (χ0) is 16.6. The summed E-state index contributed by atoms with van der Waals surface area (Å²) in [5, 5.41) is 2.57. The minimum Gasteiger partial charge on any atom is -0.444 e. The molecule has 0 fully saturated rings. The van der Waals surface area contributed by atoms with Crippen LogP contribution >= 0.6 is 0 Å². The fraction of sp³-hybridized carbons (Fsp3) is 0.529. The van der Waals surface area contributed by atoms with Gasteiger partial charge in [0.2, 0.25) is 0 Å². The van der Waals surface area contributed by atoms with Crippen LogP contribution < -0.4 is 5.32 Å². The van der Waals surface area contributed by atoms with Crippen LogP contribution in [-0.4, -0.2) is 37.2 Å². The van der Waals surface area contributed by atoms with Gasteiger partial charge in [-0.25, -0.2) is 4.79 Å². The molecule has 1 aromatic rings. The number of ketones is 1. The molecular weight excluding hydrogens is 282 g/mol. The second-order valence-corrected chi connectivity index (χ2v) is 6.11. The molecule has 0 aliphatic carbocycles. The number of aryl methyl sites for hydroxylation is 1. The van der Waals surface area contributed by atoms with Crippen LogP contribution in [0.15, 0.2) is 30.3 Å². The highest BCUT2D eigenvalue weighted by atomic mass is 16.6. The lowest BCUT2D eigenvalue weighted by molar-refractivity contribution is -0.122. The molecule has 0 radical (unpaired) electrons. The van der Waals surface area contributed by atoms with Gasteiger partial charge in [-0.15, -0.1) is 0 Å². The van der Waals surface area contributed by atoms with Gasteiger partial charge in [-0.3, -0.25) is 4.79 Å². The lowest BCUT2D eigenvalue weighted by Crippen LogP contribution is -2.46. The molecule has 122 valence electrons. The molecule has 5 heteroatoms. The molecule has 0 aromatic heterocycles. The third-order valence-electron chi connectivity index (χ3n) is 2.92. The van der Waals surface area contributed by atoms with Crippen LogP contribution in [0, 0.1) is 0 Å². The van der Waals surface area contributed by atoms with E-state index in [4.69, 9.17) is 9.47 Å². The minimum absolute atomic E-state index is 0.0726. The summed E-state index contributed by atoms with van der Waals surface area (Å²) in [6, 6.07) is 9.06. The van der Waals surface area contributed by atoms with Crippen molar-refractivity contribution in [3.8, 4) is 0 Å². The van der Waals surface area contributed by atoms with Crippen LogP contribution in [0.1, 0.15) is 32.8 Å². The molecule has 0 aliphatic heterocycles. The average molecular weight is 307 g/mol. The zero-order valence-corrected chi connectivity index (χ0v) is 13.7. The molecule has 1 N–H and O–H groups in total. The molecule has 22 heavy (non-hydrogen) atoms. The highest BCUT2D eigenvalue weighted by Crippen LogP contribution is 2.08. The van der Waals surface area contributed by atoms with E-state index in [2.05, 4.69) is 5.32 Å². The number of carbonyl (C=O) groups is 2. The Morgan fingerprint density at radius 1 is 1.18 bits per heavy atom. The number of amides is 1. The van der Waals surface area contributed by atoms with Crippen molar-refractivity contribution >= 4 is 11.9 Å². The van der Waals surface area contributed by atoms with E-state index >= 15 is 0 Å². The van der Waals surface area contributed by atoms with E-state index < -0.39 is 17.7 Å². The normalized spacial score (nSPS) is 12.5. The Labute approximate surface area is 132 Å². The maximum absolute atomic E-state index is 12.3. The van der Waals surface area contributed by atoms with Gasteiger partial charge in [-0.05, 0) is 32.8 Å². The molecule has 5 nitrogen and oxygen atoms in total. The molecule has 0 saturated carbocycles. The molecule has 1 rings (SSSR count). The van der Waals surface area contributed by atoms with Gasteiger partial charge in [0.25, 0.3) is 0 Å². The molecule has 0 aliphatic rings. The summed E-state index contributed by atoms with van der Waals surface area (Å²) in [5.74, 6) is -0.0726. The number of alkyl carbamates (subject to hydrolysis) is 1. The number of rotatable bonds is 7. The molecule has 1 amide bonds. The summed E-state index contributed by atoms with van der Waals surface area (Å²) in [5.41, 5.74) is 0.485. The third-order valence-corrected chi connectivity index (χ3v) is 2.92. The van der Waals surface area contributed by atoms with Crippen LogP contribution in [0.25, 0.3) is 0 Å². The van der Waals surface area contributed by atoms with Gasteiger partial charge in [0, 0.05) is 13.5 Å². The van der Waals surface area contributed by atoms with Crippen molar-refractivity contribution in [3.05, 3.63) is 35.9 Å². The highest BCUT2D eigenvalue weighted by Gasteiger charge is 2.23. The maximum Gasteiger partial charge on any atom is 0.408 e. The quantitative estimate of drug-likeness (QED) is 0.841. The van der Waals surface area contributed by atoms with Gasteiger partial charge in [-0.2, -0.15) is 0 Å². The number of benzene rings is 1. The Hall–Kier alpha value is -1.88. The Morgan fingerprint density at radius 2 is 1.82 bits per heavy atom. The number of hydrogen-bond acceptors (Lipinski definition) is 4. The summed E-state index contributed by atoms with van der Waals surface area (Å²) in [6.07, 6.45) is 0.367. The molecule has 0 heterocycles. The number of nitrogens with one attached hydrogen (secondary N) is 1. The predicted octanol–water partition coefficient (Wildman–Crippen LogP) is 2.73. The monoisotopic (exact) mass is 307 g/mol. The summed E-state index contributed by atoms with van der Waals surface area (Å²) >= 11 is 0. The number of methoxy groups -OCH3 is 1. The van der Waals surface area contributed by atoms with Crippen molar-refractivity contribution in [1.82, 2.24) is 5.32 Å². The predicted molar refractivity (Wildman–Crippen MR) is 84.8 cm³/mol. The largest absolute Gasteiger partial charge is 0.444 e. The zero-order valence-electron chi connectivity index (χ0n) is 13.7. The van der Waals surface area contributed by atoms with Crippen LogP contribution in [0.5, 0.6) is 0 Å². The number of ether oxygens (including phenoxy) is 2. The van der Waals surface area contributed by atoms with Crippen molar-refractivity contribution in [2.24, 2.45) is 0 Å². The standard InChI is InChI=1S/C17H25NO4/c1-17(2,3)22-16(20)18-14(12-21-4)15(19)11-10-13-8-6-5-7-9-13/h5-9,14H,10-12H2,1-4H3,(H,18,20). The molecule has 1 atom stereocenters. The Morgan fingerprint density at radius 3 is 2.36 bits per heavy atom. The van der Waals surface area contributed by atoms with E-state index in [0.29, 0.717) is 12.8 Å². The molecule has 1 unspecified atom stereocenters. The second-order valence-electron chi connectivity index (χ2n) is 6.11. The Bertz CT molecular complexity index is 479. The SMILES string of the molecule is COCC(NC(=O)OC(C)(C)C)C(=O)CCc1ccccc1. The Balaban J connectivity index is 2.54. The van der Waals surface area contributed by atoms with Crippen molar-refractivity contribution < 1.29 is 19.1 Å². The molecule has 0 spiro atoms. The smallest absolute Gasteiger partial charge is 0.408 e. The van der Waals surface area contributed by atoms with Crippen molar-refractivity contribution in [1.29, 1.82) is 0 Å². The van der Waals surface area contributed by atoms with E-state index in [9.17, 15) is 9.59 Å². The maximum atomic E-state index is 12.3. The average Bonchev–Trinajstić information content (AvgIpc) is 2.43. The molecular formula is C17H25NO4. The number of hydrogen-bond donors (Lipinski definition) is 1. The summed E-state index contributed by atoms with van der Waals surface area (Å²) in [7, 11) is 1.49. The molecule has 1 aromatic carbocycles. The Kier molecular flexibility index (Phi) is 7.05. The van der Waals surface area contributed by atoms with E-state index in [1.54, 1.807) is 20.8 Å². The van der Waals surface area contributed by atoms with E-state index in [0.717, 1.165) is 5.56 Å². The van der Waals surface area contributed by atoms with Crippen molar-refractivity contribution in [2.45, 2.75) is 45.3 Å². The number of carbonyl (C=O) groups excluding carboxylic acids is 2. The van der Waals surface area contributed by atoms with E-state index in [1.165, 1.54) is 7.11 Å². The lowest BCUT2D eigenvalue weighted by atomic mass is 10.0. The molecule has 0 bridgehead atoms. The van der Waals surface area contributed by atoms with E-state index in [1.807, 2.05) is 30.3 Å². The van der Waals surface area contributed by atoms with E-state index in [-0.39, 0.29) is 12.4 Å². The first-order chi connectivity index (χ1) is 10.3. The van der Waals surface area contributed by atoms with Gasteiger partial charge in [0.15, 0.2) is 5.78 Å². The van der Waals surface area contributed by atoms with Crippen LogP contribution in [0.4, 0.5) is 4.79 Å². The van der Waals surface area contributed by atoms with Crippen molar-refractivity contribution in [2.75, 3.05) is 13.7 Å². The van der Waals surface area contributed by atoms with Gasteiger partial charge in [-0.1, -0.05) is 30.3 Å². The van der Waals surface area contributed by atoms with Crippen molar-refractivity contribution in [3.63, 3.8) is 0 Å². The number of Topliss-reactive ketones (excluding diaryl/α,β-unsaturated/α-hetero) is 1. The first kappa shape index (κ1) is 18.2. The first-order valence-electron chi connectivity index (χ1n) is 7.37. The topological polar surface area (TPSA) is 64.6 Å². The van der Waals surface area contributed by atoms with Crippen LogP contribution in [-0.2, 0) is 20.7 Å². The van der Waals surface area contributed by atoms with Crippen LogP contribution in [0.3, 0.4) is 0 Å². The summed E-state index contributed by atoms with van der Waals surface area (Å²) < 4.78 is 10.2. The van der Waals surface area contributed by atoms with Gasteiger partial charge >= 0.3 is 6.09 Å². The second kappa shape index (κ2) is 8.54. The summed E-state index contributed by atoms with van der Waals surface area (Å²) in [6.45, 7) is 5.45.